The van der Waals surface area contributed by atoms with Gasteiger partial charge in [-0.25, -0.2) is 0 Å². The number of likely N-dealkylation sites (tertiary alicyclic amines) is 1. The van der Waals surface area contributed by atoms with Crippen LogP contribution in [0.15, 0.2) is 22.7 Å². The largest absolute Gasteiger partial charge is 0.493 e. The minimum atomic E-state index is -0.727. The van der Waals surface area contributed by atoms with Crippen molar-refractivity contribution in [3.63, 3.8) is 0 Å². The van der Waals surface area contributed by atoms with Gasteiger partial charge in [0.25, 0.3) is 0 Å². The fraction of sp³-hybridized carbons (Fsp3) is 0.611. The number of carboxylic acids is 1. The van der Waals surface area contributed by atoms with E-state index in [1.54, 1.807) is 0 Å². The molecule has 0 bridgehead atoms. The number of halogens is 1. The lowest BCUT2D eigenvalue weighted by Gasteiger charge is -2.32. The summed E-state index contributed by atoms with van der Waals surface area (Å²) in [7, 11) is 0. The van der Waals surface area contributed by atoms with Crippen LogP contribution >= 0.6 is 15.9 Å². The molecule has 128 valence electrons. The zero-order valence-electron chi connectivity index (χ0n) is 13.9. The van der Waals surface area contributed by atoms with E-state index >= 15 is 0 Å². The molecule has 1 atom stereocenters. The number of benzene rings is 1. The molecule has 0 unspecified atom stereocenters. The first kappa shape index (κ1) is 18.3. The van der Waals surface area contributed by atoms with Crippen molar-refractivity contribution < 1.29 is 14.6 Å². The van der Waals surface area contributed by atoms with E-state index in [4.69, 9.17) is 9.84 Å². The Hall–Kier alpha value is -1.07. The fourth-order valence-corrected chi connectivity index (χ4v) is 3.53. The highest BCUT2D eigenvalue weighted by Crippen LogP contribution is 2.28. The Balaban J connectivity index is 1.72. The van der Waals surface area contributed by atoms with Crippen LogP contribution in [0.1, 0.15) is 31.7 Å². The molecular weight excluding hydrogens is 358 g/mol. The smallest absolute Gasteiger partial charge is 0.317 e. The van der Waals surface area contributed by atoms with Crippen LogP contribution in [0.25, 0.3) is 0 Å². The number of hydrogen-bond donors (Lipinski definition) is 1. The Morgan fingerprint density at radius 1 is 1.43 bits per heavy atom. The van der Waals surface area contributed by atoms with Gasteiger partial charge in [0.15, 0.2) is 0 Å². The van der Waals surface area contributed by atoms with E-state index in [2.05, 4.69) is 29.8 Å². The maximum absolute atomic E-state index is 10.7. The molecule has 0 saturated carbocycles. The lowest BCUT2D eigenvalue weighted by atomic mass is 9.88. The van der Waals surface area contributed by atoms with Crippen molar-refractivity contribution in [2.24, 2.45) is 11.8 Å². The van der Waals surface area contributed by atoms with Crippen LogP contribution in [0, 0.1) is 18.8 Å². The van der Waals surface area contributed by atoms with E-state index in [0.29, 0.717) is 11.8 Å². The lowest BCUT2D eigenvalue weighted by molar-refractivity contribution is -0.138. The summed E-state index contributed by atoms with van der Waals surface area (Å²) < 4.78 is 7.05. The van der Waals surface area contributed by atoms with Crippen molar-refractivity contribution in [3.05, 3.63) is 28.2 Å². The van der Waals surface area contributed by atoms with Gasteiger partial charge in [0.2, 0.25) is 0 Å². The van der Waals surface area contributed by atoms with Gasteiger partial charge < -0.3 is 9.84 Å². The Labute approximate surface area is 147 Å². The topological polar surface area (TPSA) is 49.8 Å². The predicted molar refractivity (Wildman–Crippen MR) is 95.0 cm³/mol. The number of carboxylic acid groups (broad SMARTS) is 1. The standard InChI is InChI=1S/C18H26BrNO3/c1-13(12-23-17-5-3-4-16(19)14(17)2)10-15-6-8-20(9-7-15)11-18(21)22/h3-5,13,15H,6-12H2,1-2H3,(H,21,22)/t13-/m1/s1. The van der Waals surface area contributed by atoms with Crippen molar-refractivity contribution in [3.8, 4) is 5.75 Å². The normalized spacial score (nSPS) is 17.9. The third kappa shape index (κ3) is 5.81. The zero-order chi connectivity index (χ0) is 16.8. The van der Waals surface area contributed by atoms with Crippen molar-refractivity contribution >= 4 is 21.9 Å². The lowest BCUT2D eigenvalue weighted by Crippen LogP contribution is -2.37. The Bertz CT molecular complexity index is 527. The molecule has 0 radical (unpaired) electrons. The summed E-state index contributed by atoms with van der Waals surface area (Å²) >= 11 is 3.53. The molecule has 0 amide bonds. The molecule has 23 heavy (non-hydrogen) atoms. The number of carbonyl (C=O) groups is 1. The Morgan fingerprint density at radius 2 is 2.13 bits per heavy atom. The molecule has 1 aliphatic rings. The quantitative estimate of drug-likeness (QED) is 0.773. The minimum absolute atomic E-state index is 0.174. The SMILES string of the molecule is Cc1c(Br)cccc1OC[C@H](C)CC1CCN(CC(=O)O)CC1. The van der Waals surface area contributed by atoms with E-state index in [1.807, 2.05) is 23.1 Å². The van der Waals surface area contributed by atoms with Crippen LogP contribution in [0.2, 0.25) is 0 Å². The van der Waals surface area contributed by atoms with Crippen molar-refractivity contribution in [1.29, 1.82) is 0 Å². The van der Waals surface area contributed by atoms with Gasteiger partial charge in [0.05, 0.1) is 13.2 Å². The summed E-state index contributed by atoms with van der Waals surface area (Å²) in [6.07, 6.45) is 3.33. The molecule has 5 heteroatoms. The van der Waals surface area contributed by atoms with Gasteiger partial charge in [-0.2, -0.15) is 0 Å². The molecule has 1 saturated heterocycles. The molecular formula is C18H26BrNO3. The van der Waals surface area contributed by atoms with Crippen LogP contribution in [0.5, 0.6) is 5.75 Å². The Kier molecular flexibility index (Phi) is 6.90. The highest BCUT2D eigenvalue weighted by atomic mass is 79.9. The maximum Gasteiger partial charge on any atom is 0.317 e. The van der Waals surface area contributed by atoms with Crippen molar-refractivity contribution in [2.75, 3.05) is 26.2 Å². The number of hydrogen-bond acceptors (Lipinski definition) is 3. The van der Waals surface area contributed by atoms with E-state index < -0.39 is 5.97 Å². The third-order valence-corrected chi connectivity index (χ3v) is 5.40. The first-order valence-electron chi connectivity index (χ1n) is 8.27. The van der Waals surface area contributed by atoms with E-state index in [1.165, 1.54) is 0 Å². The maximum atomic E-state index is 10.7. The van der Waals surface area contributed by atoms with E-state index in [9.17, 15) is 4.79 Å². The molecule has 4 nitrogen and oxygen atoms in total. The summed E-state index contributed by atoms with van der Waals surface area (Å²) in [4.78, 5) is 12.8. The monoisotopic (exact) mass is 383 g/mol. The summed E-state index contributed by atoms with van der Waals surface area (Å²) in [5.41, 5.74) is 1.14. The molecule has 0 aliphatic carbocycles. The second-order valence-corrected chi connectivity index (χ2v) is 7.48. The molecule has 1 aromatic carbocycles. The summed E-state index contributed by atoms with van der Waals surface area (Å²) in [5.74, 6) is 1.41. The Morgan fingerprint density at radius 3 is 2.78 bits per heavy atom. The van der Waals surface area contributed by atoms with Gasteiger partial charge in [-0.1, -0.05) is 28.9 Å². The van der Waals surface area contributed by atoms with Gasteiger partial charge in [-0.3, -0.25) is 9.69 Å². The summed E-state index contributed by atoms with van der Waals surface area (Å²) in [6.45, 7) is 6.99. The molecule has 1 aliphatic heterocycles. The highest BCUT2D eigenvalue weighted by molar-refractivity contribution is 9.10. The molecule has 1 heterocycles. The number of ether oxygens (including phenoxy) is 1. The van der Waals surface area contributed by atoms with Crippen LogP contribution in [-0.2, 0) is 4.79 Å². The van der Waals surface area contributed by atoms with Crippen LogP contribution in [0.4, 0.5) is 0 Å². The van der Waals surface area contributed by atoms with Crippen molar-refractivity contribution in [2.45, 2.75) is 33.1 Å². The molecule has 1 fully saturated rings. The minimum Gasteiger partial charge on any atom is -0.493 e. The number of piperidine rings is 1. The zero-order valence-corrected chi connectivity index (χ0v) is 15.5. The third-order valence-electron chi connectivity index (χ3n) is 4.54. The molecule has 0 aromatic heterocycles. The predicted octanol–water partition coefficient (Wildman–Crippen LogP) is 3.96. The average molecular weight is 384 g/mol. The molecule has 1 N–H and O–H groups in total. The van der Waals surface area contributed by atoms with Crippen LogP contribution in [0.3, 0.4) is 0 Å². The highest BCUT2D eigenvalue weighted by Gasteiger charge is 2.22. The summed E-state index contributed by atoms with van der Waals surface area (Å²) in [6, 6.07) is 6.03. The first-order chi connectivity index (χ1) is 11.0. The van der Waals surface area contributed by atoms with Crippen LogP contribution < -0.4 is 4.74 Å². The van der Waals surface area contributed by atoms with Gasteiger partial charge in [0.1, 0.15) is 5.75 Å². The molecule has 1 aromatic rings. The van der Waals surface area contributed by atoms with Gasteiger partial charge in [-0.05, 0) is 63.2 Å². The average Bonchev–Trinajstić information content (AvgIpc) is 2.50. The number of rotatable bonds is 7. The van der Waals surface area contributed by atoms with Crippen molar-refractivity contribution in [1.82, 2.24) is 4.90 Å². The molecule has 0 spiro atoms. The second kappa shape index (κ2) is 8.69. The van der Waals surface area contributed by atoms with E-state index in [0.717, 1.165) is 54.7 Å². The van der Waals surface area contributed by atoms with Gasteiger partial charge >= 0.3 is 5.97 Å². The number of aliphatic carboxylic acids is 1. The number of nitrogens with zero attached hydrogens (tertiary/aromatic N) is 1. The van der Waals surface area contributed by atoms with Gasteiger partial charge in [-0.15, -0.1) is 0 Å². The van der Waals surface area contributed by atoms with E-state index in [-0.39, 0.29) is 6.54 Å². The second-order valence-electron chi connectivity index (χ2n) is 6.63. The first-order valence-corrected chi connectivity index (χ1v) is 9.07. The van der Waals surface area contributed by atoms with Gasteiger partial charge in [0, 0.05) is 10.0 Å². The molecule has 2 rings (SSSR count). The van der Waals surface area contributed by atoms with Crippen LogP contribution in [-0.4, -0.2) is 42.2 Å². The summed E-state index contributed by atoms with van der Waals surface area (Å²) in [5, 5.41) is 8.84. The fourth-order valence-electron chi connectivity index (χ4n) is 3.18.